The van der Waals surface area contributed by atoms with E-state index in [0.717, 1.165) is 16.7 Å². The average Bonchev–Trinajstić information content (AvgIpc) is 2.59. The molecule has 0 saturated carbocycles. The highest BCUT2D eigenvalue weighted by atomic mass is 16.5. The summed E-state index contributed by atoms with van der Waals surface area (Å²) in [5.41, 5.74) is 3.31. The molecule has 2 aromatic rings. The van der Waals surface area contributed by atoms with Gasteiger partial charge < -0.3 is 14.2 Å². The normalized spacial score (nSPS) is 10.8. The molecule has 0 spiro atoms. The van der Waals surface area contributed by atoms with Crippen LogP contribution in [0.15, 0.2) is 36.4 Å². The largest absolute Gasteiger partial charge is 0.493 e. The fourth-order valence-electron chi connectivity index (χ4n) is 2.31. The molecule has 0 unspecified atom stereocenters. The Balaban J connectivity index is 2.56. The molecule has 2 rings (SSSR count). The lowest BCUT2D eigenvalue weighted by Crippen LogP contribution is -1.97. The molecule has 0 fully saturated rings. The maximum Gasteiger partial charge on any atom is 0.203 e. The molecule has 0 amide bonds. The zero-order valence-electron chi connectivity index (χ0n) is 13.7. The van der Waals surface area contributed by atoms with Crippen LogP contribution in [0.4, 0.5) is 0 Å². The van der Waals surface area contributed by atoms with Crippen molar-refractivity contribution in [1.29, 1.82) is 5.26 Å². The van der Waals surface area contributed by atoms with Gasteiger partial charge in [-0.25, -0.2) is 0 Å². The van der Waals surface area contributed by atoms with Crippen molar-refractivity contribution < 1.29 is 14.2 Å². The number of ether oxygens (including phenoxy) is 3. The third-order valence-corrected chi connectivity index (χ3v) is 3.52. The number of hydrogen-bond acceptors (Lipinski definition) is 4. The standard InChI is InChI=1S/C19H19NO3/c1-13-5-7-14(8-6-13)16(12-20)11-15-9-10-17(21-2)19(23-4)18(15)22-3/h5-11H,1-4H3/b16-11+. The van der Waals surface area contributed by atoms with E-state index in [1.54, 1.807) is 33.5 Å². The first kappa shape index (κ1) is 16.4. The summed E-state index contributed by atoms with van der Waals surface area (Å²) < 4.78 is 16.1. The van der Waals surface area contributed by atoms with Crippen LogP contribution >= 0.6 is 0 Å². The van der Waals surface area contributed by atoms with E-state index in [1.165, 1.54) is 0 Å². The van der Waals surface area contributed by atoms with Crippen LogP contribution in [-0.4, -0.2) is 21.3 Å². The van der Waals surface area contributed by atoms with Gasteiger partial charge in [-0.2, -0.15) is 5.26 Å². The van der Waals surface area contributed by atoms with Gasteiger partial charge in [0.1, 0.15) is 0 Å². The van der Waals surface area contributed by atoms with Gasteiger partial charge in [0, 0.05) is 5.56 Å². The minimum Gasteiger partial charge on any atom is -0.493 e. The Morgan fingerprint density at radius 3 is 2.09 bits per heavy atom. The van der Waals surface area contributed by atoms with E-state index in [0.29, 0.717) is 22.8 Å². The van der Waals surface area contributed by atoms with Crippen molar-refractivity contribution in [2.45, 2.75) is 6.92 Å². The summed E-state index contributed by atoms with van der Waals surface area (Å²) >= 11 is 0. The molecule has 0 heterocycles. The Bertz CT molecular complexity index is 755. The van der Waals surface area contributed by atoms with Crippen LogP contribution in [0.1, 0.15) is 16.7 Å². The lowest BCUT2D eigenvalue weighted by atomic mass is 10.0. The van der Waals surface area contributed by atoms with Gasteiger partial charge in [0.05, 0.1) is 33.0 Å². The molecular formula is C19H19NO3. The minimum atomic E-state index is 0.505. The van der Waals surface area contributed by atoms with Crippen LogP contribution in [0.2, 0.25) is 0 Å². The first-order chi connectivity index (χ1) is 11.1. The van der Waals surface area contributed by atoms with Crippen molar-refractivity contribution >= 4 is 11.6 Å². The van der Waals surface area contributed by atoms with Gasteiger partial charge in [-0.3, -0.25) is 0 Å². The highest BCUT2D eigenvalue weighted by Crippen LogP contribution is 2.41. The molecule has 0 aliphatic rings. The molecule has 0 bridgehead atoms. The second-order valence-corrected chi connectivity index (χ2v) is 4.96. The predicted octanol–water partition coefficient (Wildman–Crippen LogP) is 4.09. The van der Waals surface area contributed by atoms with Crippen molar-refractivity contribution in [3.8, 4) is 23.3 Å². The fraction of sp³-hybridized carbons (Fsp3) is 0.211. The lowest BCUT2D eigenvalue weighted by Gasteiger charge is -2.14. The SMILES string of the molecule is COc1ccc(/C=C(\C#N)c2ccc(C)cc2)c(OC)c1OC. The monoisotopic (exact) mass is 309 g/mol. The number of allylic oxidation sites excluding steroid dienone is 1. The third-order valence-electron chi connectivity index (χ3n) is 3.52. The van der Waals surface area contributed by atoms with E-state index in [1.807, 2.05) is 37.3 Å². The van der Waals surface area contributed by atoms with Crippen molar-refractivity contribution in [3.05, 3.63) is 53.1 Å². The topological polar surface area (TPSA) is 51.5 Å². The summed E-state index contributed by atoms with van der Waals surface area (Å²) in [7, 11) is 4.69. The Morgan fingerprint density at radius 2 is 1.57 bits per heavy atom. The molecule has 0 N–H and O–H groups in total. The summed E-state index contributed by atoms with van der Waals surface area (Å²) in [5.74, 6) is 1.62. The molecule has 4 nitrogen and oxygen atoms in total. The van der Waals surface area contributed by atoms with Gasteiger partial charge >= 0.3 is 0 Å². The molecule has 118 valence electrons. The van der Waals surface area contributed by atoms with E-state index in [4.69, 9.17) is 14.2 Å². The average molecular weight is 309 g/mol. The molecule has 0 aliphatic heterocycles. The smallest absolute Gasteiger partial charge is 0.203 e. The van der Waals surface area contributed by atoms with Crippen LogP contribution in [-0.2, 0) is 0 Å². The van der Waals surface area contributed by atoms with Crippen LogP contribution in [0, 0.1) is 18.3 Å². The molecule has 4 heteroatoms. The zero-order valence-corrected chi connectivity index (χ0v) is 13.7. The van der Waals surface area contributed by atoms with Gasteiger partial charge in [-0.1, -0.05) is 29.8 Å². The highest BCUT2D eigenvalue weighted by Gasteiger charge is 2.15. The van der Waals surface area contributed by atoms with Crippen LogP contribution in [0.5, 0.6) is 17.2 Å². The molecule has 23 heavy (non-hydrogen) atoms. The first-order valence-electron chi connectivity index (χ1n) is 7.12. The summed E-state index contributed by atoms with van der Waals surface area (Å²) in [6, 6.07) is 13.7. The predicted molar refractivity (Wildman–Crippen MR) is 90.8 cm³/mol. The molecular weight excluding hydrogens is 290 g/mol. The fourth-order valence-corrected chi connectivity index (χ4v) is 2.31. The second kappa shape index (κ2) is 7.37. The number of hydrogen-bond donors (Lipinski definition) is 0. The summed E-state index contributed by atoms with van der Waals surface area (Å²) in [5, 5.41) is 9.49. The number of nitriles is 1. The molecule has 0 aromatic heterocycles. The van der Waals surface area contributed by atoms with Crippen LogP contribution < -0.4 is 14.2 Å². The Kier molecular flexibility index (Phi) is 5.27. The molecule has 0 saturated heterocycles. The zero-order chi connectivity index (χ0) is 16.8. The number of aryl methyl sites for hydroxylation is 1. The van der Waals surface area contributed by atoms with Gasteiger partial charge in [-0.15, -0.1) is 0 Å². The lowest BCUT2D eigenvalue weighted by molar-refractivity contribution is 0.324. The Labute approximate surface area is 136 Å². The van der Waals surface area contributed by atoms with E-state index in [2.05, 4.69) is 6.07 Å². The second-order valence-electron chi connectivity index (χ2n) is 4.96. The quantitative estimate of drug-likeness (QED) is 0.617. The van der Waals surface area contributed by atoms with Crippen molar-refractivity contribution in [2.75, 3.05) is 21.3 Å². The van der Waals surface area contributed by atoms with Crippen molar-refractivity contribution in [2.24, 2.45) is 0 Å². The Morgan fingerprint density at radius 1 is 0.913 bits per heavy atom. The number of rotatable bonds is 5. The Hall–Kier alpha value is -2.93. The highest BCUT2D eigenvalue weighted by molar-refractivity contribution is 5.91. The summed E-state index contributed by atoms with van der Waals surface area (Å²) in [6.07, 6.45) is 1.78. The van der Waals surface area contributed by atoms with Gasteiger partial charge in [0.15, 0.2) is 11.5 Å². The van der Waals surface area contributed by atoms with Crippen LogP contribution in [0.3, 0.4) is 0 Å². The molecule has 0 radical (unpaired) electrons. The van der Waals surface area contributed by atoms with E-state index < -0.39 is 0 Å². The van der Waals surface area contributed by atoms with Gasteiger partial charge in [-0.05, 0) is 30.7 Å². The van der Waals surface area contributed by atoms with Crippen molar-refractivity contribution in [3.63, 3.8) is 0 Å². The summed E-state index contributed by atoms with van der Waals surface area (Å²) in [6.45, 7) is 2.01. The minimum absolute atomic E-state index is 0.505. The number of benzene rings is 2. The first-order valence-corrected chi connectivity index (χ1v) is 7.12. The number of methoxy groups -OCH3 is 3. The van der Waals surface area contributed by atoms with Gasteiger partial charge in [0.2, 0.25) is 5.75 Å². The van der Waals surface area contributed by atoms with E-state index >= 15 is 0 Å². The maximum atomic E-state index is 9.49. The molecule has 0 atom stereocenters. The number of nitrogens with zero attached hydrogens (tertiary/aromatic N) is 1. The van der Waals surface area contributed by atoms with Gasteiger partial charge in [0.25, 0.3) is 0 Å². The van der Waals surface area contributed by atoms with Crippen molar-refractivity contribution in [1.82, 2.24) is 0 Å². The third kappa shape index (κ3) is 3.46. The summed E-state index contributed by atoms with van der Waals surface area (Å²) in [4.78, 5) is 0. The van der Waals surface area contributed by atoms with Crippen LogP contribution in [0.25, 0.3) is 11.6 Å². The molecule has 2 aromatic carbocycles. The van der Waals surface area contributed by atoms with E-state index in [9.17, 15) is 5.26 Å². The maximum absolute atomic E-state index is 9.49. The van der Waals surface area contributed by atoms with E-state index in [-0.39, 0.29) is 0 Å². The molecule has 0 aliphatic carbocycles.